The van der Waals surface area contributed by atoms with Crippen LogP contribution in [0.15, 0.2) is 24.5 Å². The van der Waals surface area contributed by atoms with Gasteiger partial charge in [0.05, 0.1) is 11.7 Å². The van der Waals surface area contributed by atoms with Gasteiger partial charge in [-0.05, 0) is 51.0 Å². The number of hydrogen-bond donors (Lipinski definition) is 1. The fourth-order valence-corrected chi connectivity index (χ4v) is 2.24. The van der Waals surface area contributed by atoms with Gasteiger partial charge in [-0.2, -0.15) is 5.10 Å². The highest BCUT2D eigenvalue weighted by Crippen LogP contribution is 2.24. The van der Waals surface area contributed by atoms with Crippen LogP contribution >= 0.6 is 0 Å². The van der Waals surface area contributed by atoms with Gasteiger partial charge in [0.2, 0.25) is 0 Å². The van der Waals surface area contributed by atoms with E-state index in [4.69, 9.17) is 5.73 Å². The van der Waals surface area contributed by atoms with E-state index in [0.29, 0.717) is 0 Å². The molecule has 2 aromatic rings. The van der Waals surface area contributed by atoms with E-state index in [9.17, 15) is 0 Å². The van der Waals surface area contributed by atoms with Crippen molar-refractivity contribution >= 4 is 0 Å². The summed E-state index contributed by atoms with van der Waals surface area (Å²) in [4.78, 5) is 4.06. The maximum atomic E-state index is 6.15. The molecule has 0 radical (unpaired) electrons. The van der Waals surface area contributed by atoms with Gasteiger partial charge in [-0.3, -0.25) is 9.67 Å². The molecule has 0 saturated carbocycles. The van der Waals surface area contributed by atoms with Crippen molar-refractivity contribution in [3.8, 4) is 0 Å². The van der Waals surface area contributed by atoms with Crippen LogP contribution < -0.4 is 5.73 Å². The summed E-state index contributed by atoms with van der Waals surface area (Å²) < 4.78 is 2.03. The second kappa shape index (κ2) is 4.90. The van der Waals surface area contributed by atoms with Gasteiger partial charge in [0.1, 0.15) is 0 Å². The Balaban J connectivity index is 2.52. The average Bonchev–Trinajstić information content (AvgIpc) is 2.59. The molecule has 0 aliphatic rings. The molecule has 0 spiro atoms. The third-order valence-corrected chi connectivity index (χ3v) is 3.50. The van der Waals surface area contributed by atoms with Crippen LogP contribution in [0.25, 0.3) is 0 Å². The van der Waals surface area contributed by atoms with Crippen LogP contribution in [0, 0.1) is 20.8 Å². The Bertz CT molecular complexity index is 528. The van der Waals surface area contributed by atoms with Crippen molar-refractivity contribution in [2.24, 2.45) is 5.73 Å². The molecule has 0 aromatic carbocycles. The summed E-state index contributed by atoms with van der Waals surface area (Å²) in [5.41, 5.74) is 10.8. The molecule has 0 fully saturated rings. The maximum absolute atomic E-state index is 6.15. The van der Waals surface area contributed by atoms with Gasteiger partial charge in [0.25, 0.3) is 0 Å². The van der Waals surface area contributed by atoms with Gasteiger partial charge in [-0.25, -0.2) is 0 Å². The van der Waals surface area contributed by atoms with E-state index in [-0.39, 0.29) is 12.1 Å². The minimum Gasteiger partial charge on any atom is -0.326 e. The lowest BCUT2D eigenvalue weighted by atomic mass is 10.0. The van der Waals surface area contributed by atoms with E-state index < -0.39 is 0 Å². The first kappa shape index (κ1) is 12.8. The third kappa shape index (κ3) is 2.16. The summed E-state index contributed by atoms with van der Waals surface area (Å²) >= 11 is 0. The summed E-state index contributed by atoms with van der Waals surface area (Å²) in [6.45, 7) is 8.23. The number of aryl methyl sites for hydroxylation is 1. The van der Waals surface area contributed by atoms with Crippen molar-refractivity contribution in [2.45, 2.75) is 39.8 Å². The molecule has 2 atom stereocenters. The van der Waals surface area contributed by atoms with E-state index in [2.05, 4.69) is 23.9 Å². The Morgan fingerprint density at radius 2 is 1.78 bits per heavy atom. The van der Waals surface area contributed by atoms with E-state index >= 15 is 0 Å². The van der Waals surface area contributed by atoms with Crippen LogP contribution in [0.3, 0.4) is 0 Å². The van der Waals surface area contributed by atoms with Crippen molar-refractivity contribution in [2.75, 3.05) is 0 Å². The highest BCUT2D eigenvalue weighted by molar-refractivity contribution is 5.26. The second-order valence-electron chi connectivity index (χ2n) is 4.82. The number of nitrogens with zero attached hydrogens (tertiary/aromatic N) is 3. The molecule has 2 aromatic heterocycles. The first-order valence-electron chi connectivity index (χ1n) is 6.20. The van der Waals surface area contributed by atoms with E-state index in [1.54, 1.807) is 12.4 Å². The van der Waals surface area contributed by atoms with Crippen LogP contribution in [0.5, 0.6) is 0 Å². The Hall–Kier alpha value is -1.68. The monoisotopic (exact) mass is 244 g/mol. The minimum absolute atomic E-state index is 0.00944. The smallest absolute Gasteiger partial charge is 0.0920 e. The number of rotatable bonds is 3. The molecule has 4 heteroatoms. The Morgan fingerprint density at radius 3 is 2.22 bits per heavy atom. The second-order valence-corrected chi connectivity index (χ2v) is 4.82. The summed E-state index contributed by atoms with van der Waals surface area (Å²) in [5.74, 6) is 0. The number of pyridine rings is 1. The Kier molecular flexibility index (Phi) is 3.48. The van der Waals surface area contributed by atoms with Crippen LogP contribution in [-0.2, 0) is 0 Å². The molecular weight excluding hydrogens is 224 g/mol. The van der Waals surface area contributed by atoms with Crippen molar-refractivity contribution in [3.05, 3.63) is 47.0 Å². The highest BCUT2D eigenvalue weighted by atomic mass is 15.3. The van der Waals surface area contributed by atoms with Crippen molar-refractivity contribution in [1.29, 1.82) is 0 Å². The summed E-state index contributed by atoms with van der Waals surface area (Å²) in [7, 11) is 0. The van der Waals surface area contributed by atoms with Gasteiger partial charge in [-0.1, -0.05) is 0 Å². The summed E-state index contributed by atoms with van der Waals surface area (Å²) in [5, 5.41) is 4.62. The van der Waals surface area contributed by atoms with Crippen molar-refractivity contribution in [3.63, 3.8) is 0 Å². The van der Waals surface area contributed by atoms with E-state index in [0.717, 1.165) is 11.3 Å². The lowest BCUT2D eigenvalue weighted by Gasteiger charge is -2.23. The van der Waals surface area contributed by atoms with E-state index in [1.807, 2.05) is 30.7 Å². The number of nitrogens with two attached hydrogens (primary N) is 1. The quantitative estimate of drug-likeness (QED) is 0.900. The van der Waals surface area contributed by atoms with Crippen LogP contribution in [0.4, 0.5) is 0 Å². The number of aromatic nitrogens is 3. The predicted octanol–water partition coefficient (Wildman–Crippen LogP) is 2.14. The normalized spacial score (nSPS) is 14.5. The Labute approximate surface area is 108 Å². The van der Waals surface area contributed by atoms with Gasteiger partial charge in [0.15, 0.2) is 0 Å². The van der Waals surface area contributed by atoms with Gasteiger partial charge in [0, 0.05) is 24.1 Å². The molecule has 0 amide bonds. The summed E-state index contributed by atoms with van der Waals surface area (Å²) in [6, 6.07) is 4.05. The molecule has 0 aliphatic carbocycles. The van der Waals surface area contributed by atoms with Crippen LogP contribution in [0.2, 0.25) is 0 Å². The first-order chi connectivity index (χ1) is 8.52. The topological polar surface area (TPSA) is 56.7 Å². The standard InChI is InChI=1S/C14H20N4/c1-9-11(3)17-18(12(9)4)14(10(2)15)13-5-7-16-8-6-13/h5-8,10,14H,15H2,1-4H3. The molecule has 2 unspecified atom stereocenters. The average molecular weight is 244 g/mol. The van der Waals surface area contributed by atoms with Crippen LogP contribution in [0.1, 0.15) is 35.5 Å². The molecule has 2 heterocycles. The molecule has 0 aliphatic heterocycles. The molecule has 0 saturated heterocycles. The Morgan fingerprint density at radius 1 is 1.17 bits per heavy atom. The largest absolute Gasteiger partial charge is 0.326 e. The van der Waals surface area contributed by atoms with Crippen molar-refractivity contribution in [1.82, 2.24) is 14.8 Å². The molecule has 96 valence electrons. The first-order valence-corrected chi connectivity index (χ1v) is 6.20. The zero-order valence-corrected chi connectivity index (χ0v) is 11.4. The lowest BCUT2D eigenvalue weighted by molar-refractivity contribution is 0.443. The number of hydrogen-bond acceptors (Lipinski definition) is 3. The molecule has 18 heavy (non-hydrogen) atoms. The summed E-state index contributed by atoms with van der Waals surface area (Å²) in [6.07, 6.45) is 3.59. The molecular formula is C14H20N4. The van der Waals surface area contributed by atoms with E-state index in [1.165, 1.54) is 11.3 Å². The predicted molar refractivity (Wildman–Crippen MR) is 72.5 cm³/mol. The molecule has 0 bridgehead atoms. The minimum atomic E-state index is -0.00944. The maximum Gasteiger partial charge on any atom is 0.0920 e. The SMILES string of the molecule is Cc1nn(C(c2ccncc2)C(C)N)c(C)c1C. The van der Waals surface area contributed by atoms with Crippen LogP contribution in [-0.4, -0.2) is 20.8 Å². The van der Waals surface area contributed by atoms with Gasteiger partial charge >= 0.3 is 0 Å². The fourth-order valence-electron chi connectivity index (χ4n) is 2.24. The molecule has 4 nitrogen and oxygen atoms in total. The zero-order valence-electron chi connectivity index (χ0n) is 11.4. The van der Waals surface area contributed by atoms with Crippen molar-refractivity contribution < 1.29 is 0 Å². The van der Waals surface area contributed by atoms with Gasteiger partial charge in [-0.15, -0.1) is 0 Å². The third-order valence-electron chi connectivity index (χ3n) is 3.50. The van der Waals surface area contributed by atoms with Gasteiger partial charge < -0.3 is 5.73 Å². The highest BCUT2D eigenvalue weighted by Gasteiger charge is 2.22. The fraction of sp³-hybridized carbons (Fsp3) is 0.429. The lowest BCUT2D eigenvalue weighted by Crippen LogP contribution is -2.31. The molecule has 2 N–H and O–H groups in total. The molecule has 2 rings (SSSR count). The zero-order chi connectivity index (χ0) is 13.3.